The minimum Gasteiger partial charge on any atom is -0.484 e. The summed E-state index contributed by atoms with van der Waals surface area (Å²) in [7, 11) is 1.71. The SMILES string of the molecule is CN1CC(CNC(=O)COc2ccc(Cl)cc2)OCC1=O. The number of nitrogens with zero attached hydrogens (tertiary/aromatic N) is 1. The second kappa shape index (κ2) is 7.28. The van der Waals surface area contributed by atoms with Crippen molar-refractivity contribution in [3.05, 3.63) is 29.3 Å². The van der Waals surface area contributed by atoms with Gasteiger partial charge in [-0.15, -0.1) is 0 Å². The number of nitrogens with one attached hydrogen (secondary N) is 1. The summed E-state index contributed by atoms with van der Waals surface area (Å²) in [4.78, 5) is 24.5. The van der Waals surface area contributed by atoms with Gasteiger partial charge < -0.3 is 19.7 Å². The Balaban J connectivity index is 1.68. The monoisotopic (exact) mass is 312 g/mol. The number of rotatable bonds is 5. The molecule has 1 aromatic carbocycles. The van der Waals surface area contributed by atoms with Crippen molar-refractivity contribution in [2.24, 2.45) is 0 Å². The Morgan fingerprint density at radius 3 is 2.86 bits per heavy atom. The molecule has 1 atom stereocenters. The third kappa shape index (κ3) is 4.91. The summed E-state index contributed by atoms with van der Waals surface area (Å²) >= 11 is 5.76. The molecule has 1 aromatic rings. The maximum Gasteiger partial charge on any atom is 0.258 e. The maximum absolute atomic E-state index is 11.7. The lowest BCUT2D eigenvalue weighted by atomic mass is 10.3. The molecule has 0 aliphatic carbocycles. The highest BCUT2D eigenvalue weighted by molar-refractivity contribution is 6.30. The molecular formula is C14H17ClN2O4. The predicted molar refractivity (Wildman–Crippen MR) is 77.3 cm³/mol. The van der Waals surface area contributed by atoms with Gasteiger partial charge in [0.1, 0.15) is 12.4 Å². The Morgan fingerprint density at radius 2 is 2.19 bits per heavy atom. The first-order valence-corrected chi connectivity index (χ1v) is 6.93. The van der Waals surface area contributed by atoms with Gasteiger partial charge in [-0.3, -0.25) is 9.59 Å². The number of ether oxygens (including phenoxy) is 2. The summed E-state index contributed by atoms with van der Waals surface area (Å²) in [6.07, 6.45) is -0.188. The highest BCUT2D eigenvalue weighted by Gasteiger charge is 2.23. The molecule has 6 nitrogen and oxygen atoms in total. The zero-order valence-electron chi connectivity index (χ0n) is 11.7. The van der Waals surface area contributed by atoms with E-state index in [4.69, 9.17) is 21.1 Å². The largest absolute Gasteiger partial charge is 0.484 e. The smallest absolute Gasteiger partial charge is 0.258 e. The van der Waals surface area contributed by atoms with Gasteiger partial charge in [-0.25, -0.2) is 0 Å². The quantitative estimate of drug-likeness (QED) is 0.869. The van der Waals surface area contributed by atoms with Crippen molar-refractivity contribution >= 4 is 23.4 Å². The number of benzene rings is 1. The van der Waals surface area contributed by atoms with Crippen LogP contribution in [0.1, 0.15) is 0 Å². The van der Waals surface area contributed by atoms with Crippen LogP contribution in [-0.2, 0) is 14.3 Å². The van der Waals surface area contributed by atoms with Crippen LogP contribution in [0, 0.1) is 0 Å². The lowest BCUT2D eigenvalue weighted by molar-refractivity contribution is -0.146. The van der Waals surface area contributed by atoms with E-state index in [1.807, 2.05) is 0 Å². The Labute approximate surface area is 128 Å². The third-order valence-corrected chi connectivity index (χ3v) is 3.31. The summed E-state index contributed by atoms with van der Waals surface area (Å²) < 4.78 is 10.7. The summed E-state index contributed by atoms with van der Waals surface area (Å²) in [5, 5.41) is 3.33. The number of hydrogen-bond acceptors (Lipinski definition) is 4. The fraction of sp³-hybridized carbons (Fsp3) is 0.429. The molecule has 1 aliphatic heterocycles. The average molecular weight is 313 g/mol. The van der Waals surface area contributed by atoms with E-state index in [-0.39, 0.29) is 31.1 Å². The highest BCUT2D eigenvalue weighted by Crippen LogP contribution is 2.15. The average Bonchev–Trinajstić information content (AvgIpc) is 2.48. The number of likely N-dealkylation sites (N-methyl/N-ethyl adjacent to an activating group) is 1. The number of amides is 2. The molecule has 0 spiro atoms. The highest BCUT2D eigenvalue weighted by atomic mass is 35.5. The zero-order chi connectivity index (χ0) is 15.2. The Hall–Kier alpha value is -1.79. The molecule has 0 bridgehead atoms. The van der Waals surface area contributed by atoms with Crippen LogP contribution in [0.25, 0.3) is 0 Å². The number of carbonyl (C=O) groups excluding carboxylic acids is 2. The van der Waals surface area contributed by atoms with Gasteiger partial charge in [-0.1, -0.05) is 11.6 Å². The molecule has 0 aromatic heterocycles. The molecule has 2 amide bonds. The number of hydrogen-bond donors (Lipinski definition) is 1. The molecule has 21 heavy (non-hydrogen) atoms. The summed E-state index contributed by atoms with van der Waals surface area (Å²) in [5.74, 6) is 0.283. The van der Waals surface area contributed by atoms with E-state index >= 15 is 0 Å². The van der Waals surface area contributed by atoms with E-state index < -0.39 is 0 Å². The zero-order valence-corrected chi connectivity index (χ0v) is 12.4. The van der Waals surface area contributed by atoms with Gasteiger partial charge in [0.15, 0.2) is 6.61 Å². The molecule has 0 radical (unpaired) electrons. The fourth-order valence-electron chi connectivity index (χ4n) is 1.84. The van der Waals surface area contributed by atoms with Gasteiger partial charge in [0, 0.05) is 25.2 Å². The molecule has 0 saturated carbocycles. The second-order valence-corrected chi connectivity index (χ2v) is 5.19. The van der Waals surface area contributed by atoms with Gasteiger partial charge in [0.05, 0.1) is 6.10 Å². The molecule has 1 unspecified atom stereocenters. The van der Waals surface area contributed by atoms with Gasteiger partial charge in [0.25, 0.3) is 5.91 Å². The molecular weight excluding hydrogens is 296 g/mol. The van der Waals surface area contributed by atoms with Gasteiger partial charge in [-0.05, 0) is 24.3 Å². The van der Waals surface area contributed by atoms with E-state index in [0.717, 1.165) is 0 Å². The Morgan fingerprint density at radius 1 is 1.48 bits per heavy atom. The van der Waals surface area contributed by atoms with Gasteiger partial charge >= 0.3 is 0 Å². The van der Waals surface area contributed by atoms with Crippen LogP contribution in [0.5, 0.6) is 5.75 Å². The van der Waals surface area contributed by atoms with Gasteiger partial charge in [-0.2, -0.15) is 0 Å². The first-order chi connectivity index (χ1) is 10.0. The third-order valence-electron chi connectivity index (χ3n) is 3.06. The van der Waals surface area contributed by atoms with Crippen LogP contribution >= 0.6 is 11.6 Å². The van der Waals surface area contributed by atoms with E-state index in [1.165, 1.54) is 0 Å². The molecule has 114 valence electrons. The number of carbonyl (C=O) groups is 2. The van der Waals surface area contributed by atoms with Crippen LogP contribution in [-0.4, -0.2) is 56.2 Å². The topological polar surface area (TPSA) is 67.9 Å². The Bertz CT molecular complexity index is 506. The number of morpholine rings is 1. The van der Waals surface area contributed by atoms with Crippen LogP contribution in [0.2, 0.25) is 5.02 Å². The van der Waals surface area contributed by atoms with Crippen LogP contribution in [0.3, 0.4) is 0 Å². The van der Waals surface area contributed by atoms with Crippen LogP contribution in [0.4, 0.5) is 0 Å². The summed E-state index contributed by atoms with van der Waals surface area (Å²) in [6.45, 7) is 0.791. The summed E-state index contributed by atoms with van der Waals surface area (Å²) in [5.41, 5.74) is 0. The summed E-state index contributed by atoms with van der Waals surface area (Å²) in [6, 6.07) is 6.77. The van der Waals surface area contributed by atoms with E-state index in [2.05, 4.69) is 5.32 Å². The second-order valence-electron chi connectivity index (χ2n) is 4.75. The van der Waals surface area contributed by atoms with Crippen molar-refractivity contribution in [3.63, 3.8) is 0 Å². The van der Waals surface area contributed by atoms with E-state index in [0.29, 0.717) is 23.9 Å². The molecule has 1 N–H and O–H groups in total. The van der Waals surface area contributed by atoms with Crippen molar-refractivity contribution in [2.75, 3.05) is 33.4 Å². The minimum atomic E-state index is -0.242. The van der Waals surface area contributed by atoms with E-state index in [9.17, 15) is 9.59 Å². The maximum atomic E-state index is 11.7. The Kier molecular flexibility index (Phi) is 5.41. The van der Waals surface area contributed by atoms with Crippen molar-refractivity contribution in [1.82, 2.24) is 10.2 Å². The molecule has 2 rings (SSSR count). The van der Waals surface area contributed by atoms with E-state index in [1.54, 1.807) is 36.2 Å². The standard InChI is InChI=1S/C14H17ClN2O4/c1-17-7-12(21-9-14(17)19)6-16-13(18)8-20-11-4-2-10(15)3-5-11/h2-5,12H,6-9H2,1H3,(H,16,18). The molecule has 1 aliphatic rings. The molecule has 1 heterocycles. The molecule has 1 fully saturated rings. The molecule has 1 saturated heterocycles. The van der Waals surface area contributed by atoms with Crippen molar-refractivity contribution in [2.45, 2.75) is 6.10 Å². The first kappa shape index (κ1) is 15.6. The van der Waals surface area contributed by atoms with Crippen molar-refractivity contribution < 1.29 is 19.1 Å². The number of halogens is 1. The van der Waals surface area contributed by atoms with Crippen molar-refractivity contribution in [1.29, 1.82) is 0 Å². The lowest BCUT2D eigenvalue weighted by Crippen LogP contribution is -2.49. The van der Waals surface area contributed by atoms with Crippen LogP contribution < -0.4 is 10.1 Å². The van der Waals surface area contributed by atoms with Crippen LogP contribution in [0.15, 0.2) is 24.3 Å². The van der Waals surface area contributed by atoms with Crippen molar-refractivity contribution in [3.8, 4) is 5.75 Å². The first-order valence-electron chi connectivity index (χ1n) is 6.55. The normalized spacial score (nSPS) is 18.5. The lowest BCUT2D eigenvalue weighted by Gasteiger charge is -2.29. The molecule has 7 heteroatoms. The van der Waals surface area contributed by atoms with Gasteiger partial charge in [0.2, 0.25) is 5.91 Å². The fourth-order valence-corrected chi connectivity index (χ4v) is 1.97. The predicted octanol–water partition coefficient (Wildman–Crippen LogP) is 0.692. The minimum absolute atomic E-state index is 0.0522.